The number of aliphatic hydroxyl groups is 1. The van der Waals surface area contributed by atoms with Crippen molar-refractivity contribution in [1.82, 2.24) is 5.32 Å². The summed E-state index contributed by atoms with van der Waals surface area (Å²) in [7, 11) is 1.21. The highest BCUT2D eigenvalue weighted by molar-refractivity contribution is 7.45. The normalized spacial score (nSPS) is 14.7. The van der Waals surface area contributed by atoms with Crippen LogP contribution in [-0.2, 0) is 18.4 Å². The summed E-state index contributed by atoms with van der Waals surface area (Å²) in [4.78, 5) is 25.5. The molecule has 0 aromatic rings. The van der Waals surface area contributed by atoms with Gasteiger partial charge in [0.1, 0.15) is 13.2 Å². The molecule has 2 N–H and O–H groups in total. The summed E-state index contributed by atoms with van der Waals surface area (Å²) in [6.45, 7) is 4.50. The number of unbranched alkanes of at least 4 members (excludes halogenated alkanes) is 23. The zero-order valence-corrected chi connectivity index (χ0v) is 49.8. The van der Waals surface area contributed by atoms with E-state index < -0.39 is 26.6 Å². The zero-order chi connectivity index (χ0) is 54.9. The molecule has 0 aliphatic carbocycles. The highest BCUT2D eigenvalue weighted by atomic mass is 31.2. The number of hydrogen-bond donors (Lipinski definition) is 2. The summed E-state index contributed by atoms with van der Waals surface area (Å²) < 4.78 is 23.3. The van der Waals surface area contributed by atoms with Gasteiger partial charge in [-0.15, -0.1) is 0 Å². The van der Waals surface area contributed by atoms with Gasteiger partial charge in [0.25, 0.3) is 7.82 Å². The fourth-order valence-corrected chi connectivity index (χ4v) is 8.89. The lowest BCUT2D eigenvalue weighted by Crippen LogP contribution is -2.45. The minimum absolute atomic E-state index is 0.0180. The van der Waals surface area contributed by atoms with E-state index in [-0.39, 0.29) is 12.5 Å². The third-order valence-corrected chi connectivity index (χ3v) is 13.8. The van der Waals surface area contributed by atoms with Gasteiger partial charge in [-0.25, -0.2) is 0 Å². The molecule has 9 heteroatoms. The molecule has 430 valence electrons. The Morgan fingerprint density at radius 1 is 0.480 bits per heavy atom. The molecule has 0 bridgehead atoms. The first-order chi connectivity index (χ1) is 36.5. The molecule has 0 aliphatic rings. The van der Waals surface area contributed by atoms with Crippen LogP contribution in [0.25, 0.3) is 0 Å². The van der Waals surface area contributed by atoms with Crippen molar-refractivity contribution in [2.24, 2.45) is 0 Å². The molecule has 0 heterocycles. The van der Waals surface area contributed by atoms with Crippen molar-refractivity contribution in [2.75, 3.05) is 40.9 Å². The van der Waals surface area contributed by atoms with Crippen molar-refractivity contribution in [3.63, 3.8) is 0 Å². The van der Waals surface area contributed by atoms with Crippen LogP contribution in [0.2, 0.25) is 0 Å². The molecular formula is C66H115N2O6P. The van der Waals surface area contributed by atoms with Gasteiger partial charge in [0.2, 0.25) is 5.91 Å². The molecule has 3 unspecified atom stereocenters. The van der Waals surface area contributed by atoms with E-state index in [1.54, 1.807) is 6.08 Å². The van der Waals surface area contributed by atoms with Crippen LogP contribution in [-0.4, -0.2) is 68.5 Å². The fourth-order valence-electron chi connectivity index (χ4n) is 8.16. The Morgan fingerprint density at radius 2 is 0.827 bits per heavy atom. The number of nitrogens with zero attached hydrogens (tertiary/aromatic N) is 1. The molecule has 0 aromatic carbocycles. The maximum absolute atomic E-state index is 13.0. The van der Waals surface area contributed by atoms with Crippen LogP contribution < -0.4 is 10.2 Å². The summed E-state index contributed by atoms with van der Waals surface area (Å²) in [6.07, 6.45) is 82.8. The number of carbonyl (C=O) groups excluding carboxylic acids is 1. The number of nitrogens with one attached hydrogen (secondary N) is 1. The van der Waals surface area contributed by atoms with Crippen LogP contribution in [0.15, 0.2) is 122 Å². The first kappa shape index (κ1) is 71.9. The Kier molecular flexibility index (Phi) is 53.3. The molecule has 0 saturated carbocycles. The third-order valence-electron chi connectivity index (χ3n) is 12.9. The first-order valence-corrected chi connectivity index (χ1v) is 31.9. The van der Waals surface area contributed by atoms with Crippen molar-refractivity contribution in [3.8, 4) is 0 Å². The maximum Gasteiger partial charge on any atom is 0.268 e. The van der Waals surface area contributed by atoms with Crippen molar-refractivity contribution in [2.45, 2.75) is 251 Å². The largest absolute Gasteiger partial charge is 0.756 e. The predicted octanol–water partition coefficient (Wildman–Crippen LogP) is 18.3. The summed E-state index contributed by atoms with van der Waals surface area (Å²) in [5.41, 5.74) is 0. The van der Waals surface area contributed by atoms with Crippen LogP contribution in [0.5, 0.6) is 0 Å². The predicted molar refractivity (Wildman–Crippen MR) is 325 cm³/mol. The Bertz CT molecular complexity index is 1630. The number of quaternary nitrogens is 1. The van der Waals surface area contributed by atoms with Gasteiger partial charge < -0.3 is 28.8 Å². The molecule has 0 spiro atoms. The molecule has 75 heavy (non-hydrogen) atoms. The van der Waals surface area contributed by atoms with Crippen LogP contribution in [0, 0.1) is 0 Å². The Morgan fingerprint density at radius 3 is 1.24 bits per heavy atom. The number of likely N-dealkylation sites (N-methyl/N-ethyl adjacent to an activating group) is 1. The lowest BCUT2D eigenvalue weighted by atomic mass is 10.0. The number of aliphatic hydroxyl groups excluding tert-OH is 1. The Balaban J connectivity index is 4.32. The van der Waals surface area contributed by atoms with Gasteiger partial charge in [0.05, 0.1) is 39.9 Å². The quantitative estimate of drug-likeness (QED) is 0.0272. The van der Waals surface area contributed by atoms with E-state index in [0.717, 1.165) is 103 Å². The zero-order valence-electron chi connectivity index (χ0n) is 49.0. The maximum atomic E-state index is 13.0. The van der Waals surface area contributed by atoms with E-state index in [4.69, 9.17) is 9.05 Å². The third kappa shape index (κ3) is 58.4. The highest BCUT2D eigenvalue weighted by Gasteiger charge is 2.23. The van der Waals surface area contributed by atoms with E-state index >= 15 is 0 Å². The van der Waals surface area contributed by atoms with E-state index in [9.17, 15) is 19.4 Å². The number of allylic oxidation sites excluding steroid dienone is 19. The molecule has 0 aliphatic heterocycles. The Labute approximate surface area is 463 Å². The monoisotopic (exact) mass is 1060 g/mol. The Hall–Kier alpha value is -3.10. The fraction of sp³-hybridized carbons (Fsp3) is 0.682. The lowest BCUT2D eigenvalue weighted by molar-refractivity contribution is -0.870. The second kappa shape index (κ2) is 55.6. The van der Waals surface area contributed by atoms with Crippen molar-refractivity contribution in [1.29, 1.82) is 0 Å². The van der Waals surface area contributed by atoms with E-state index in [1.165, 1.54) is 116 Å². The standard InChI is InChI=1S/C66H115N2O6P/c1-6-8-10-12-14-16-18-20-22-24-26-28-30-32-33-34-35-36-38-40-42-44-46-48-50-52-54-56-58-60-66(70)67-64(63-74-75(71,72)73-62-61-68(3,4)5)65(69)59-57-55-53-51-49-47-45-43-41-39-37-31-29-27-25-23-21-19-17-15-13-11-9-7-2/h8,10,14,16,20,22,26,28,32-33,35-36,40-43,49,51,57,59,64-65,69H,6-7,9,11-13,15,17-19,21,23-25,27,29-31,34,37-39,44-48,50,52-56,58,60-63H2,1-5H3,(H-,67,70,71,72)/b10-8-,16-14-,22-20-,28-26-,33-32-,36-35-,42-40-,43-41+,51-49+,59-57+. The van der Waals surface area contributed by atoms with Crippen molar-refractivity contribution in [3.05, 3.63) is 122 Å². The second-order valence-corrected chi connectivity index (χ2v) is 22.7. The van der Waals surface area contributed by atoms with Crippen LogP contribution in [0.4, 0.5) is 0 Å². The second-order valence-electron chi connectivity index (χ2n) is 21.3. The lowest BCUT2D eigenvalue weighted by Gasteiger charge is -2.29. The van der Waals surface area contributed by atoms with Crippen molar-refractivity contribution < 1.29 is 32.9 Å². The van der Waals surface area contributed by atoms with Gasteiger partial charge in [-0.3, -0.25) is 9.36 Å². The van der Waals surface area contributed by atoms with Gasteiger partial charge in [-0.05, 0) is 103 Å². The molecule has 0 rings (SSSR count). The van der Waals surface area contributed by atoms with Crippen LogP contribution >= 0.6 is 7.82 Å². The molecule has 1 amide bonds. The first-order valence-electron chi connectivity index (χ1n) is 30.4. The highest BCUT2D eigenvalue weighted by Crippen LogP contribution is 2.38. The number of phosphoric acid groups is 1. The topological polar surface area (TPSA) is 108 Å². The average Bonchev–Trinajstić information content (AvgIpc) is 3.37. The number of phosphoric ester groups is 1. The SMILES string of the molecule is CC/C=C\C/C=C\C/C=C\C/C=C\C/C=C\C/C=C\C/C=C\CCCCCCCCCC(=O)NC(COP(=O)([O-])OCC[N+](C)(C)C)C(O)/C=C/CC/C=C/CC/C=C/CCCCCCCCCCCCCCCC. The molecule has 0 aromatic heterocycles. The minimum atomic E-state index is -4.62. The minimum Gasteiger partial charge on any atom is -0.756 e. The summed E-state index contributed by atoms with van der Waals surface area (Å²) in [6, 6.07) is -0.926. The van der Waals surface area contributed by atoms with Gasteiger partial charge >= 0.3 is 0 Å². The smallest absolute Gasteiger partial charge is 0.268 e. The van der Waals surface area contributed by atoms with Crippen LogP contribution in [0.1, 0.15) is 239 Å². The number of rotatable bonds is 54. The van der Waals surface area contributed by atoms with E-state index in [0.29, 0.717) is 17.4 Å². The molecule has 8 nitrogen and oxygen atoms in total. The van der Waals surface area contributed by atoms with E-state index in [1.807, 2.05) is 27.2 Å². The molecule has 0 fully saturated rings. The molecular weight excluding hydrogens is 948 g/mol. The van der Waals surface area contributed by atoms with Gasteiger partial charge in [0.15, 0.2) is 0 Å². The molecule has 3 atom stereocenters. The average molecular weight is 1060 g/mol. The van der Waals surface area contributed by atoms with Crippen molar-refractivity contribution >= 4 is 13.7 Å². The van der Waals surface area contributed by atoms with Gasteiger partial charge in [-0.2, -0.15) is 0 Å². The van der Waals surface area contributed by atoms with E-state index in [2.05, 4.69) is 129 Å². The number of amides is 1. The summed E-state index contributed by atoms with van der Waals surface area (Å²) >= 11 is 0. The summed E-state index contributed by atoms with van der Waals surface area (Å²) in [5.74, 6) is -0.227. The molecule has 0 saturated heterocycles. The van der Waals surface area contributed by atoms with Gasteiger partial charge in [0, 0.05) is 6.42 Å². The van der Waals surface area contributed by atoms with Crippen LogP contribution in [0.3, 0.4) is 0 Å². The number of carbonyl (C=O) groups is 1. The molecule has 0 radical (unpaired) electrons. The number of hydrogen-bond acceptors (Lipinski definition) is 6. The van der Waals surface area contributed by atoms with Gasteiger partial charge in [-0.1, -0.05) is 251 Å². The summed E-state index contributed by atoms with van der Waals surface area (Å²) in [5, 5.41) is 13.9.